The van der Waals surface area contributed by atoms with Crippen LogP contribution in [0.2, 0.25) is 13.1 Å². The van der Waals surface area contributed by atoms with Crippen molar-refractivity contribution in [2.75, 3.05) is 0 Å². The highest BCUT2D eigenvalue weighted by atomic mass is 28.3. The third-order valence-electron chi connectivity index (χ3n) is 1.43. The Bertz CT molecular complexity index is 156. The molecule has 1 rings (SSSR count). The first kappa shape index (κ1) is 5.63. The SMILES string of the molecule is C[Si]1(C)C=CC=C1O. The summed E-state index contributed by atoms with van der Waals surface area (Å²) in [4.78, 5) is 0. The number of aliphatic hydroxyl groups is 1. The molecule has 0 bridgehead atoms. The summed E-state index contributed by atoms with van der Waals surface area (Å²) in [5.41, 5.74) is 2.11. The van der Waals surface area contributed by atoms with Crippen LogP contribution in [0.3, 0.4) is 0 Å². The molecule has 2 heteroatoms. The molecule has 0 aromatic rings. The topological polar surface area (TPSA) is 20.2 Å². The van der Waals surface area contributed by atoms with Gasteiger partial charge in [-0.05, 0) is 6.08 Å². The van der Waals surface area contributed by atoms with E-state index in [1.807, 2.05) is 6.08 Å². The molecule has 0 aliphatic carbocycles. The Morgan fingerprint density at radius 1 is 1.50 bits per heavy atom. The lowest BCUT2D eigenvalue weighted by Gasteiger charge is -2.10. The molecule has 0 aromatic heterocycles. The van der Waals surface area contributed by atoms with Crippen LogP contribution in [0.5, 0.6) is 0 Å². The molecule has 0 aromatic carbocycles. The Kier molecular flexibility index (Phi) is 1.05. The van der Waals surface area contributed by atoms with Crippen molar-refractivity contribution in [1.29, 1.82) is 0 Å². The Labute approximate surface area is 50.4 Å². The van der Waals surface area contributed by atoms with Gasteiger partial charge in [0, 0.05) is 0 Å². The normalized spacial score (nSPS) is 23.5. The van der Waals surface area contributed by atoms with Gasteiger partial charge in [0.25, 0.3) is 0 Å². The number of aliphatic hydroxyl groups excluding tert-OH is 1. The fourth-order valence-electron chi connectivity index (χ4n) is 0.680. The molecule has 0 unspecified atom stereocenters. The van der Waals surface area contributed by atoms with Crippen molar-refractivity contribution in [2.45, 2.75) is 13.1 Å². The fraction of sp³-hybridized carbons (Fsp3) is 0.333. The summed E-state index contributed by atoms with van der Waals surface area (Å²) < 4.78 is 0. The maximum atomic E-state index is 9.12. The number of hydrogen-bond donors (Lipinski definition) is 1. The first-order chi connectivity index (χ1) is 3.63. The van der Waals surface area contributed by atoms with E-state index in [4.69, 9.17) is 5.11 Å². The number of allylic oxidation sites excluding steroid dienone is 2. The van der Waals surface area contributed by atoms with E-state index in [1.165, 1.54) is 0 Å². The lowest BCUT2D eigenvalue weighted by Crippen LogP contribution is -2.23. The number of rotatable bonds is 0. The minimum absolute atomic E-state index is 0.595. The van der Waals surface area contributed by atoms with Crippen LogP contribution >= 0.6 is 0 Å². The predicted octanol–water partition coefficient (Wildman–Crippen LogP) is 1.78. The molecule has 0 radical (unpaired) electrons. The lowest BCUT2D eigenvalue weighted by atomic mass is 10.6. The monoisotopic (exact) mass is 126 g/mol. The summed E-state index contributed by atoms with van der Waals surface area (Å²) in [7, 11) is -1.41. The first-order valence-corrected chi connectivity index (χ1v) is 5.79. The second kappa shape index (κ2) is 1.49. The first-order valence-electron chi connectivity index (χ1n) is 2.72. The van der Waals surface area contributed by atoms with Crippen molar-refractivity contribution in [2.24, 2.45) is 0 Å². The number of hydrogen-bond acceptors (Lipinski definition) is 1. The molecular formula is C6H10OSi. The van der Waals surface area contributed by atoms with Crippen molar-refractivity contribution in [3.63, 3.8) is 0 Å². The minimum atomic E-state index is -1.41. The third-order valence-corrected chi connectivity index (χ3v) is 3.94. The Morgan fingerprint density at radius 3 is 2.25 bits per heavy atom. The van der Waals surface area contributed by atoms with Crippen LogP contribution in [0, 0.1) is 0 Å². The van der Waals surface area contributed by atoms with Crippen molar-refractivity contribution in [3.8, 4) is 0 Å². The van der Waals surface area contributed by atoms with Gasteiger partial charge >= 0.3 is 0 Å². The summed E-state index contributed by atoms with van der Waals surface area (Å²) in [6.07, 6.45) is 3.72. The average molecular weight is 126 g/mol. The highest BCUT2D eigenvalue weighted by Gasteiger charge is 2.24. The Balaban J connectivity index is 2.87. The summed E-state index contributed by atoms with van der Waals surface area (Å²) in [6.45, 7) is 4.23. The summed E-state index contributed by atoms with van der Waals surface area (Å²) in [5, 5.41) is 9.71. The van der Waals surface area contributed by atoms with Gasteiger partial charge in [0.2, 0.25) is 0 Å². The van der Waals surface area contributed by atoms with Gasteiger partial charge in [0.1, 0.15) is 8.07 Å². The molecule has 0 saturated carbocycles. The van der Waals surface area contributed by atoms with Crippen molar-refractivity contribution in [3.05, 3.63) is 23.2 Å². The molecule has 1 N–H and O–H groups in total. The Morgan fingerprint density at radius 2 is 2.12 bits per heavy atom. The van der Waals surface area contributed by atoms with Crippen LogP contribution in [0.25, 0.3) is 0 Å². The summed E-state index contributed by atoms with van der Waals surface area (Å²) >= 11 is 0. The largest absolute Gasteiger partial charge is 0.517 e. The molecule has 1 aliphatic heterocycles. The van der Waals surface area contributed by atoms with Crippen LogP contribution in [0.1, 0.15) is 0 Å². The molecular weight excluding hydrogens is 116 g/mol. The van der Waals surface area contributed by atoms with Gasteiger partial charge in [0.05, 0.1) is 5.38 Å². The van der Waals surface area contributed by atoms with Crippen LogP contribution in [0.15, 0.2) is 23.2 Å². The zero-order chi connectivity index (χ0) is 6.20. The standard InChI is InChI=1S/C6H10OSi/c1-8(2)5-3-4-6(8)7/h3-5,7H,1-2H3. The van der Waals surface area contributed by atoms with Crippen molar-refractivity contribution >= 4 is 8.07 Å². The van der Waals surface area contributed by atoms with Crippen LogP contribution < -0.4 is 0 Å². The molecule has 0 atom stereocenters. The third kappa shape index (κ3) is 0.712. The quantitative estimate of drug-likeness (QED) is 0.490. The highest BCUT2D eigenvalue weighted by molar-refractivity contribution is 6.88. The van der Waals surface area contributed by atoms with E-state index in [9.17, 15) is 0 Å². The molecule has 1 heterocycles. The highest BCUT2D eigenvalue weighted by Crippen LogP contribution is 2.18. The zero-order valence-corrected chi connectivity index (χ0v) is 6.18. The maximum absolute atomic E-state index is 9.12. The maximum Gasteiger partial charge on any atom is 0.148 e. The molecule has 1 aliphatic rings. The van der Waals surface area contributed by atoms with E-state index in [0.717, 1.165) is 0 Å². The molecule has 44 valence electrons. The van der Waals surface area contributed by atoms with Crippen LogP contribution in [0.4, 0.5) is 0 Å². The van der Waals surface area contributed by atoms with E-state index >= 15 is 0 Å². The molecule has 8 heavy (non-hydrogen) atoms. The molecule has 0 fully saturated rings. The average Bonchev–Trinajstić information content (AvgIpc) is 1.86. The zero-order valence-electron chi connectivity index (χ0n) is 5.18. The van der Waals surface area contributed by atoms with Gasteiger partial charge in [0.15, 0.2) is 0 Å². The summed E-state index contributed by atoms with van der Waals surface area (Å²) in [5.74, 6) is 0. The Hall–Kier alpha value is -0.503. The molecule has 0 spiro atoms. The van der Waals surface area contributed by atoms with Gasteiger partial charge in [-0.2, -0.15) is 0 Å². The smallest absolute Gasteiger partial charge is 0.148 e. The van der Waals surface area contributed by atoms with E-state index in [1.54, 1.807) is 6.08 Å². The van der Waals surface area contributed by atoms with Gasteiger partial charge in [-0.15, -0.1) is 0 Å². The lowest BCUT2D eigenvalue weighted by molar-refractivity contribution is 0.446. The van der Waals surface area contributed by atoms with E-state index in [2.05, 4.69) is 18.8 Å². The summed E-state index contributed by atoms with van der Waals surface area (Å²) in [6, 6.07) is 0. The van der Waals surface area contributed by atoms with Gasteiger partial charge in [-0.25, -0.2) is 0 Å². The van der Waals surface area contributed by atoms with E-state index < -0.39 is 8.07 Å². The van der Waals surface area contributed by atoms with Crippen LogP contribution in [-0.4, -0.2) is 13.2 Å². The second-order valence-electron chi connectivity index (χ2n) is 2.63. The van der Waals surface area contributed by atoms with Gasteiger partial charge in [-0.3, -0.25) is 0 Å². The van der Waals surface area contributed by atoms with Crippen molar-refractivity contribution < 1.29 is 5.11 Å². The van der Waals surface area contributed by atoms with Gasteiger partial charge < -0.3 is 5.11 Å². The van der Waals surface area contributed by atoms with E-state index in [-0.39, 0.29) is 0 Å². The molecule has 0 saturated heterocycles. The van der Waals surface area contributed by atoms with Crippen molar-refractivity contribution in [1.82, 2.24) is 0 Å². The van der Waals surface area contributed by atoms with Crippen LogP contribution in [-0.2, 0) is 0 Å². The second-order valence-corrected chi connectivity index (χ2v) is 6.92. The minimum Gasteiger partial charge on any atom is -0.517 e. The molecule has 1 nitrogen and oxygen atoms in total. The van der Waals surface area contributed by atoms with E-state index in [0.29, 0.717) is 5.38 Å². The van der Waals surface area contributed by atoms with Gasteiger partial charge in [-0.1, -0.05) is 24.9 Å². The molecule has 0 amide bonds. The fourth-order valence-corrected chi connectivity index (χ4v) is 1.95. The predicted molar refractivity (Wildman–Crippen MR) is 37.3 cm³/mol.